The van der Waals surface area contributed by atoms with Gasteiger partial charge < -0.3 is 19.4 Å². The van der Waals surface area contributed by atoms with E-state index in [2.05, 4.69) is 10.3 Å². The predicted octanol–water partition coefficient (Wildman–Crippen LogP) is 5.11. The van der Waals surface area contributed by atoms with Crippen LogP contribution in [0.15, 0.2) is 59.0 Å². The minimum absolute atomic E-state index is 0.101. The molecule has 9 nitrogen and oxygen atoms in total. The number of carbonyl (C=O) groups excluding carboxylic acids is 1. The van der Waals surface area contributed by atoms with Crippen LogP contribution in [0.25, 0.3) is 22.6 Å². The van der Waals surface area contributed by atoms with Crippen molar-refractivity contribution in [2.45, 2.75) is 13.8 Å². The average Bonchev–Trinajstić information content (AvgIpc) is 3.29. The summed E-state index contributed by atoms with van der Waals surface area (Å²) in [5, 5.41) is 14.5. The van der Waals surface area contributed by atoms with Crippen LogP contribution in [0.3, 0.4) is 0 Å². The Hall–Kier alpha value is -4.24. The molecular formula is C26H24N4O5. The minimum Gasteiger partial charge on any atom is -0.436 e. The van der Waals surface area contributed by atoms with Gasteiger partial charge in [-0.1, -0.05) is 6.07 Å². The van der Waals surface area contributed by atoms with E-state index in [0.29, 0.717) is 43.6 Å². The van der Waals surface area contributed by atoms with E-state index in [1.54, 1.807) is 24.3 Å². The van der Waals surface area contributed by atoms with Crippen LogP contribution < -0.4 is 10.2 Å². The quantitative estimate of drug-likeness (QED) is 0.317. The number of hydrogen-bond donors (Lipinski definition) is 1. The first-order chi connectivity index (χ1) is 16.9. The number of nitro benzene ring substituents is 1. The largest absolute Gasteiger partial charge is 0.436 e. The maximum absolute atomic E-state index is 12.8. The van der Waals surface area contributed by atoms with Gasteiger partial charge in [0, 0.05) is 36.0 Å². The molecule has 178 valence electrons. The van der Waals surface area contributed by atoms with Gasteiger partial charge >= 0.3 is 0 Å². The van der Waals surface area contributed by atoms with Crippen molar-refractivity contribution >= 4 is 34.1 Å². The van der Waals surface area contributed by atoms with Crippen molar-refractivity contribution in [1.29, 1.82) is 0 Å². The number of aryl methyl sites for hydroxylation is 2. The molecule has 3 aromatic carbocycles. The zero-order valence-corrected chi connectivity index (χ0v) is 19.4. The summed E-state index contributed by atoms with van der Waals surface area (Å²) < 4.78 is 11.3. The molecule has 5 rings (SSSR count). The van der Waals surface area contributed by atoms with Gasteiger partial charge in [0.2, 0.25) is 5.89 Å². The number of oxazole rings is 1. The Morgan fingerprint density at radius 2 is 1.80 bits per heavy atom. The maximum Gasteiger partial charge on any atom is 0.293 e. The van der Waals surface area contributed by atoms with Crippen LogP contribution in [-0.2, 0) is 4.74 Å². The Balaban J connectivity index is 1.34. The fourth-order valence-electron chi connectivity index (χ4n) is 4.28. The van der Waals surface area contributed by atoms with Gasteiger partial charge in [-0.3, -0.25) is 14.9 Å². The summed E-state index contributed by atoms with van der Waals surface area (Å²) in [5.74, 6) is 0.0724. The number of fused-ring (bicyclic) bond motifs is 1. The highest BCUT2D eigenvalue weighted by Crippen LogP contribution is 2.31. The van der Waals surface area contributed by atoms with E-state index in [1.165, 1.54) is 6.07 Å². The summed E-state index contributed by atoms with van der Waals surface area (Å²) in [5.41, 5.74) is 5.63. The van der Waals surface area contributed by atoms with Gasteiger partial charge in [0.1, 0.15) is 11.2 Å². The zero-order chi connectivity index (χ0) is 24.5. The molecule has 1 saturated heterocycles. The van der Waals surface area contributed by atoms with Gasteiger partial charge in [0.15, 0.2) is 5.58 Å². The number of anilines is 2. The summed E-state index contributed by atoms with van der Waals surface area (Å²) in [6.07, 6.45) is 0. The van der Waals surface area contributed by atoms with Gasteiger partial charge in [-0.25, -0.2) is 4.98 Å². The second-order valence-corrected chi connectivity index (χ2v) is 8.54. The highest BCUT2D eigenvalue weighted by molar-refractivity contribution is 6.05. The molecule has 0 unspecified atom stereocenters. The number of benzene rings is 3. The van der Waals surface area contributed by atoms with Gasteiger partial charge in [-0.05, 0) is 67.4 Å². The van der Waals surface area contributed by atoms with Gasteiger partial charge in [-0.2, -0.15) is 0 Å². The van der Waals surface area contributed by atoms with E-state index >= 15 is 0 Å². The SMILES string of the molecule is Cc1cc(C)c2oc(-c3ccc(NC(=O)c4ccc(N5CCOCC5)c([N+](=O)[O-])c4)cc3)nc2c1. The molecule has 1 N–H and O–H groups in total. The van der Waals surface area contributed by atoms with E-state index < -0.39 is 10.8 Å². The van der Waals surface area contributed by atoms with Crippen LogP contribution in [0.4, 0.5) is 17.1 Å². The molecule has 0 atom stereocenters. The normalized spacial score (nSPS) is 13.7. The molecule has 0 aliphatic carbocycles. The fourth-order valence-corrected chi connectivity index (χ4v) is 4.28. The molecule has 35 heavy (non-hydrogen) atoms. The number of nitro groups is 1. The number of rotatable bonds is 5. The van der Waals surface area contributed by atoms with Crippen molar-refractivity contribution in [2.24, 2.45) is 0 Å². The van der Waals surface area contributed by atoms with E-state index in [9.17, 15) is 14.9 Å². The van der Waals surface area contributed by atoms with E-state index in [0.717, 1.165) is 27.8 Å². The van der Waals surface area contributed by atoms with Crippen molar-refractivity contribution in [1.82, 2.24) is 4.98 Å². The average molecular weight is 473 g/mol. The Morgan fingerprint density at radius 1 is 1.06 bits per heavy atom. The lowest BCUT2D eigenvalue weighted by Gasteiger charge is -2.28. The molecule has 1 aliphatic heterocycles. The standard InChI is InChI=1S/C26H24N4O5/c1-16-13-17(2)24-21(14-16)28-26(35-24)18-3-6-20(7-4-18)27-25(31)19-5-8-22(23(15-19)30(32)33)29-9-11-34-12-10-29/h3-8,13-15H,9-12H2,1-2H3,(H,27,31). The third-order valence-electron chi connectivity index (χ3n) is 6.00. The number of ether oxygens (including phenoxy) is 1. The van der Waals surface area contributed by atoms with Crippen LogP contribution in [0, 0.1) is 24.0 Å². The summed E-state index contributed by atoms with van der Waals surface area (Å²) in [6.45, 7) is 6.16. The summed E-state index contributed by atoms with van der Waals surface area (Å²) >= 11 is 0. The number of nitrogens with one attached hydrogen (secondary N) is 1. The van der Waals surface area contributed by atoms with Crippen LogP contribution in [0.1, 0.15) is 21.5 Å². The molecule has 1 aliphatic rings. The van der Waals surface area contributed by atoms with Crippen molar-refractivity contribution in [3.8, 4) is 11.5 Å². The summed E-state index contributed by atoms with van der Waals surface area (Å²) in [7, 11) is 0. The van der Waals surface area contributed by atoms with E-state index in [1.807, 2.05) is 43.0 Å². The van der Waals surface area contributed by atoms with Crippen molar-refractivity contribution in [3.05, 3.63) is 81.4 Å². The van der Waals surface area contributed by atoms with Crippen LogP contribution >= 0.6 is 0 Å². The van der Waals surface area contributed by atoms with Gasteiger partial charge in [0.05, 0.1) is 18.1 Å². The lowest BCUT2D eigenvalue weighted by Crippen LogP contribution is -2.36. The zero-order valence-electron chi connectivity index (χ0n) is 19.4. The Bertz CT molecular complexity index is 1420. The highest BCUT2D eigenvalue weighted by Gasteiger charge is 2.23. The first-order valence-corrected chi connectivity index (χ1v) is 11.3. The molecule has 0 radical (unpaired) electrons. The maximum atomic E-state index is 12.8. The first kappa shape index (κ1) is 22.5. The van der Waals surface area contributed by atoms with Crippen LogP contribution in [0.2, 0.25) is 0 Å². The number of amides is 1. The third-order valence-corrected chi connectivity index (χ3v) is 6.00. The molecule has 0 bridgehead atoms. The lowest BCUT2D eigenvalue weighted by atomic mass is 10.1. The molecule has 9 heteroatoms. The van der Waals surface area contributed by atoms with Crippen LogP contribution in [-0.4, -0.2) is 42.1 Å². The minimum atomic E-state index is -0.458. The second-order valence-electron chi connectivity index (χ2n) is 8.54. The molecule has 0 spiro atoms. The van der Waals surface area contributed by atoms with E-state index in [4.69, 9.17) is 9.15 Å². The van der Waals surface area contributed by atoms with Crippen molar-refractivity contribution < 1.29 is 18.9 Å². The molecule has 1 fully saturated rings. The van der Waals surface area contributed by atoms with E-state index in [-0.39, 0.29) is 11.3 Å². The Kier molecular flexibility index (Phi) is 5.92. The molecule has 1 aromatic heterocycles. The second kappa shape index (κ2) is 9.19. The Morgan fingerprint density at radius 3 is 2.51 bits per heavy atom. The van der Waals surface area contributed by atoms with Gasteiger partial charge in [-0.15, -0.1) is 0 Å². The van der Waals surface area contributed by atoms with Crippen LogP contribution in [0.5, 0.6) is 0 Å². The molecule has 4 aromatic rings. The molecular weight excluding hydrogens is 448 g/mol. The monoisotopic (exact) mass is 472 g/mol. The number of hydrogen-bond acceptors (Lipinski definition) is 7. The smallest absolute Gasteiger partial charge is 0.293 e. The number of morpholine rings is 1. The van der Waals surface area contributed by atoms with Crippen molar-refractivity contribution in [2.75, 3.05) is 36.5 Å². The first-order valence-electron chi connectivity index (χ1n) is 11.3. The number of nitrogens with zero attached hydrogens (tertiary/aromatic N) is 3. The topological polar surface area (TPSA) is 111 Å². The van der Waals surface area contributed by atoms with Gasteiger partial charge in [0.25, 0.3) is 11.6 Å². The third kappa shape index (κ3) is 4.58. The number of carbonyl (C=O) groups is 1. The predicted molar refractivity (Wildman–Crippen MR) is 133 cm³/mol. The summed E-state index contributed by atoms with van der Waals surface area (Å²) in [6, 6.07) is 15.7. The number of aromatic nitrogens is 1. The lowest BCUT2D eigenvalue weighted by molar-refractivity contribution is -0.384. The molecule has 1 amide bonds. The Labute approximate surface area is 201 Å². The summed E-state index contributed by atoms with van der Waals surface area (Å²) in [4.78, 5) is 30.5. The molecule has 2 heterocycles. The fraction of sp³-hybridized carbons (Fsp3) is 0.231. The molecule has 0 saturated carbocycles. The van der Waals surface area contributed by atoms with Crippen molar-refractivity contribution in [3.63, 3.8) is 0 Å². The highest BCUT2D eigenvalue weighted by atomic mass is 16.6.